The van der Waals surface area contributed by atoms with Crippen LogP contribution in [0.5, 0.6) is 5.75 Å². The lowest BCUT2D eigenvalue weighted by Gasteiger charge is -2.14. The van der Waals surface area contributed by atoms with Crippen molar-refractivity contribution in [3.63, 3.8) is 0 Å². The first-order valence-electron chi connectivity index (χ1n) is 6.66. The number of carboxylic acid groups (broad SMARTS) is 1. The number of carboxylic acids is 1. The van der Waals surface area contributed by atoms with Crippen LogP contribution in [0.25, 0.3) is 0 Å². The zero-order valence-corrected chi connectivity index (χ0v) is 11.6. The van der Waals surface area contributed by atoms with Crippen LogP contribution < -0.4 is 10.6 Å². The number of carbonyl (C=O) groups is 2. The van der Waals surface area contributed by atoms with Crippen molar-refractivity contribution < 1.29 is 24.5 Å². The number of carbonyl (C=O) groups excluding carboxylic acids is 1. The van der Waals surface area contributed by atoms with Gasteiger partial charge < -0.3 is 25.6 Å². The van der Waals surface area contributed by atoms with Crippen molar-refractivity contribution in [2.75, 3.05) is 12.4 Å². The highest BCUT2D eigenvalue weighted by Gasteiger charge is 2.25. The Bertz CT molecular complexity index is 546. The summed E-state index contributed by atoms with van der Waals surface area (Å²) < 4.78 is 5.23. The summed E-state index contributed by atoms with van der Waals surface area (Å²) in [6.45, 7) is 0. The number of anilines is 1. The van der Waals surface area contributed by atoms with Crippen molar-refractivity contribution in [3.8, 4) is 5.75 Å². The summed E-state index contributed by atoms with van der Waals surface area (Å²) in [5, 5.41) is 23.7. The van der Waals surface area contributed by atoms with E-state index in [0.29, 0.717) is 5.69 Å². The van der Waals surface area contributed by atoms with Crippen molar-refractivity contribution in [1.29, 1.82) is 0 Å². The van der Waals surface area contributed by atoms with Crippen molar-refractivity contribution in [3.05, 3.63) is 23.8 Å². The smallest absolute Gasteiger partial charge is 0.339 e. The number of benzene rings is 1. The average Bonchev–Trinajstić information content (AvgIpc) is 2.88. The molecule has 0 aromatic heterocycles. The van der Waals surface area contributed by atoms with E-state index in [1.165, 1.54) is 18.2 Å². The number of ether oxygens (including phenoxy) is 1. The van der Waals surface area contributed by atoms with Gasteiger partial charge in [-0.25, -0.2) is 9.59 Å². The Kier molecular flexibility index (Phi) is 4.64. The van der Waals surface area contributed by atoms with E-state index in [1.54, 1.807) is 7.11 Å². The number of methoxy groups -OCH3 is 1. The SMILES string of the molecule is COC1CCC(NC(=O)Nc2ccc(O)c(C(=O)O)c2)C1. The number of aromatic carboxylic acids is 1. The monoisotopic (exact) mass is 294 g/mol. The summed E-state index contributed by atoms with van der Waals surface area (Å²) in [5.41, 5.74) is 0.0529. The van der Waals surface area contributed by atoms with Crippen LogP contribution in [0.3, 0.4) is 0 Å². The fourth-order valence-electron chi connectivity index (χ4n) is 2.42. The third-order valence-electron chi connectivity index (χ3n) is 3.54. The molecule has 2 atom stereocenters. The van der Waals surface area contributed by atoms with E-state index in [4.69, 9.17) is 9.84 Å². The van der Waals surface area contributed by atoms with Gasteiger partial charge in [0.2, 0.25) is 0 Å². The number of rotatable bonds is 4. The predicted molar refractivity (Wildman–Crippen MR) is 75.7 cm³/mol. The van der Waals surface area contributed by atoms with E-state index in [9.17, 15) is 14.7 Å². The fourth-order valence-corrected chi connectivity index (χ4v) is 2.42. The van der Waals surface area contributed by atoms with Crippen LogP contribution in [0.15, 0.2) is 18.2 Å². The molecule has 0 aliphatic heterocycles. The van der Waals surface area contributed by atoms with Crippen molar-refractivity contribution in [1.82, 2.24) is 5.32 Å². The molecule has 7 heteroatoms. The molecule has 0 radical (unpaired) electrons. The van der Waals surface area contributed by atoms with Gasteiger partial charge in [0.1, 0.15) is 11.3 Å². The number of hydrogen-bond donors (Lipinski definition) is 4. The van der Waals surface area contributed by atoms with E-state index in [2.05, 4.69) is 10.6 Å². The second kappa shape index (κ2) is 6.45. The van der Waals surface area contributed by atoms with Gasteiger partial charge in [-0.2, -0.15) is 0 Å². The topological polar surface area (TPSA) is 108 Å². The van der Waals surface area contributed by atoms with Crippen molar-refractivity contribution in [2.45, 2.75) is 31.4 Å². The lowest BCUT2D eigenvalue weighted by Crippen LogP contribution is -2.36. The summed E-state index contributed by atoms with van der Waals surface area (Å²) in [6, 6.07) is 3.53. The maximum absolute atomic E-state index is 11.9. The second-order valence-electron chi connectivity index (χ2n) is 5.00. The normalized spacial score (nSPS) is 21.0. The van der Waals surface area contributed by atoms with Crippen LogP contribution in [-0.4, -0.2) is 41.5 Å². The number of phenols is 1. The maximum atomic E-state index is 11.9. The highest BCUT2D eigenvalue weighted by Crippen LogP contribution is 2.23. The van der Waals surface area contributed by atoms with Gasteiger partial charge in [-0.05, 0) is 37.5 Å². The van der Waals surface area contributed by atoms with Crippen LogP contribution >= 0.6 is 0 Å². The van der Waals surface area contributed by atoms with E-state index in [1.807, 2.05) is 0 Å². The van der Waals surface area contributed by atoms with Crippen molar-refractivity contribution in [2.24, 2.45) is 0 Å². The molecule has 0 spiro atoms. The maximum Gasteiger partial charge on any atom is 0.339 e. The number of aromatic hydroxyl groups is 1. The van der Waals surface area contributed by atoms with E-state index in [0.717, 1.165) is 19.3 Å². The Balaban J connectivity index is 1.94. The number of amides is 2. The van der Waals surface area contributed by atoms with Crippen molar-refractivity contribution >= 4 is 17.7 Å². The molecule has 0 bridgehead atoms. The molecular formula is C14H18N2O5. The minimum atomic E-state index is -1.25. The molecule has 1 fully saturated rings. The Morgan fingerprint density at radius 1 is 1.33 bits per heavy atom. The molecular weight excluding hydrogens is 276 g/mol. The van der Waals surface area contributed by atoms with Gasteiger partial charge in [0.15, 0.2) is 0 Å². The quantitative estimate of drug-likeness (QED) is 0.633. The molecule has 1 aromatic carbocycles. The zero-order valence-electron chi connectivity index (χ0n) is 11.6. The average molecular weight is 294 g/mol. The van der Waals surface area contributed by atoms with E-state index in [-0.39, 0.29) is 23.5 Å². The first kappa shape index (κ1) is 15.1. The highest BCUT2D eigenvalue weighted by molar-refractivity contribution is 5.95. The zero-order chi connectivity index (χ0) is 15.4. The van der Waals surface area contributed by atoms with Crippen LogP contribution in [0.2, 0.25) is 0 Å². The summed E-state index contributed by atoms with van der Waals surface area (Å²) in [7, 11) is 1.65. The molecule has 114 valence electrons. The molecule has 2 amide bonds. The minimum Gasteiger partial charge on any atom is -0.507 e. The molecule has 0 saturated heterocycles. The Hall–Kier alpha value is -2.28. The summed E-state index contributed by atoms with van der Waals surface area (Å²) >= 11 is 0. The van der Waals surface area contributed by atoms with Gasteiger partial charge in [0, 0.05) is 18.8 Å². The molecule has 7 nitrogen and oxygen atoms in total. The minimum absolute atomic E-state index is 0.0472. The van der Waals surface area contributed by atoms with Gasteiger partial charge in [0.25, 0.3) is 0 Å². The Morgan fingerprint density at radius 2 is 2.10 bits per heavy atom. The first-order chi connectivity index (χ1) is 9.99. The summed E-state index contributed by atoms with van der Waals surface area (Å²) in [5.74, 6) is -1.59. The van der Waals surface area contributed by atoms with Crippen LogP contribution in [0.1, 0.15) is 29.6 Å². The molecule has 4 N–H and O–H groups in total. The standard InChI is InChI=1S/C14H18N2O5/c1-21-10-4-2-8(6-10)15-14(20)16-9-3-5-12(17)11(7-9)13(18)19/h3,5,7-8,10,17H,2,4,6H2,1H3,(H,18,19)(H2,15,16,20). The number of nitrogens with one attached hydrogen (secondary N) is 2. The molecule has 1 aliphatic rings. The first-order valence-corrected chi connectivity index (χ1v) is 6.66. The fraction of sp³-hybridized carbons (Fsp3) is 0.429. The van der Waals surface area contributed by atoms with E-state index < -0.39 is 12.0 Å². The molecule has 2 unspecified atom stereocenters. The van der Waals surface area contributed by atoms with Gasteiger partial charge in [-0.15, -0.1) is 0 Å². The lowest BCUT2D eigenvalue weighted by molar-refractivity contribution is 0.0693. The summed E-state index contributed by atoms with van der Waals surface area (Å²) in [4.78, 5) is 22.8. The molecule has 1 saturated carbocycles. The molecule has 1 aliphatic carbocycles. The predicted octanol–water partition coefficient (Wildman–Crippen LogP) is 1.78. The largest absolute Gasteiger partial charge is 0.507 e. The summed E-state index contributed by atoms with van der Waals surface area (Å²) in [6.07, 6.45) is 2.69. The molecule has 0 heterocycles. The molecule has 1 aromatic rings. The number of hydrogen-bond acceptors (Lipinski definition) is 4. The highest BCUT2D eigenvalue weighted by atomic mass is 16.5. The van der Waals surface area contributed by atoms with Gasteiger partial charge in [0.05, 0.1) is 6.10 Å². The second-order valence-corrected chi connectivity index (χ2v) is 5.00. The lowest BCUT2D eigenvalue weighted by atomic mass is 10.2. The van der Waals surface area contributed by atoms with Crippen LogP contribution in [0, 0.1) is 0 Å². The Morgan fingerprint density at radius 3 is 2.71 bits per heavy atom. The van der Waals surface area contributed by atoms with Gasteiger partial charge in [-0.1, -0.05) is 0 Å². The number of urea groups is 1. The molecule has 21 heavy (non-hydrogen) atoms. The van der Waals surface area contributed by atoms with Gasteiger partial charge in [-0.3, -0.25) is 0 Å². The van der Waals surface area contributed by atoms with Gasteiger partial charge >= 0.3 is 12.0 Å². The Labute approximate surface area is 121 Å². The third kappa shape index (κ3) is 3.85. The third-order valence-corrected chi connectivity index (χ3v) is 3.54. The van der Waals surface area contributed by atoms with Crippen LogP contribution in [-0.2, 0) is 4.74 Å². The van der Waals surface area contributed by atoms with Crippen LogP contribution in [0.4, 0.5) is 10.5 Å². The molecule has 2 rings (SSSR count). The van der Waals surface area contributed by atoms with E-state index >= 15 is 0 Å².